The molecule has 0 saturated heterocycles. The summed E-state index contributed by atoms with van der Waals surface area (Å²) in [6, 6.07) is 8.64. The summed E-state index contributed by atoms with van der Waals surface area (Å²) in [6.45, 7) is 0. The summed E-state index contributed by atoms with van der Waals surface area (Å²) < 4.78 is 0. The van der Waals surface area contributed by atoms with Crippen LogP contribution in [0.2, 0.25) is 0 Å². The number of nitrogens with zero attached hydrogens (tertiary/aromatic N) is 1. The first-order valence-corrected chi connectivity index (χ1v) is 5.15. The van der Waals surface area contributed by atoms with Crippen LogP contribution in [0.15, 0.2) is 40.8 Å². The topological polar surface area (TPSA) is 99.7 Å². The smallest absolute Gasteiger partial charge is 0.259 e. The van der Waals surface area contributed by atoms with Crippen molar-refractivity contribution in [3.8, 4) is 6.07 Å². The summed E-state index contributed by atoms with van der Waals surface area (Å²) in [6.07, 6.45) is 2.64. The maximum absolute atomic E-state index is 12.1. The van der Waals surface area contributed by atoms with E-state index >= 15 is 0 Å². The molecule has 18 heavy (non-hydrogen) atoms. The van der Waals surface area contributed by atoms with E-state index in [2.05, 4.69) is 4.98 Å². The van der Waals surface area contributed by atoms with Crippen molar-refractivity contribution in [2.24, 2.45) is 5.73 Å². The van der Waals surface area contributed by atoms with Crippen LogP contribution in [0.3, 0.4) is 0 Å². The Hall–Kier alpha value is -2.87. The van der Waals surface area contributed by atoms with Gasteiger partial charge in [-0.05, 0) is 18.2 Å². The standard InChI is InChI=1S/C13H9N3O2/c14-6-8(13(15)18)5-9-7-16-11-4-2-1-3-10(11)12(9)17/h1-5,7H,(H2,15,18)(H,16,17). The van der Waals surface area contributed by atoms with Crippen LogP contribution in [-0.2, 0) is 4.79 Å². The summed E-state index contributed by atoms with van der Waals surface area (Å²) in [5.41, 5.74) is 5.43. The number of rotatable bonds is 2. The van der Waals surface area contributed by atoms with E-state index in [-0.39, 0.29) is 16.6 Å². The van der Waals surface area contributed by atoms with E-state index in [4.69, 9.17) is 11.0 Å². The molecule has 0 aliphatic carbocycles. The van der Waals surface area contributed by atoms with Gasteiger partial charge in [-0.2, -0.15) is 5.26 Å². The minimum absolute atomic E-state index is 0.226. The first-order valence-electron chi connectivity index (χ1n) is 5.15. The van der Waals surface area contributed by atoms with E-state index in [1.165, 1.54) is 12.3 Å². The highest BCUT2D eigenvalue weighted by Crippen LogP contribution is 2.09. The molecule has 0 unspecified atom stereocenters. The van der Waals surface area contributed by atoms with Gasteiger partial charge in [0.1, 0.15) is 11.6 Å². The minimum atomic E-state index is -0.856. The maximum atomic E-state index is 12.1. The van der Waals surface area contributed by atoms with Crippen LogP contribution >= 0.6 is 0 Å². The number of hydrogen-bond acceptors (Lipinski definition) is 3. The molecule has 2 rings (SSSR count). The molecular formula is C13H9N3O2. The van der Waals surface area contributed by atoms with Crippen LogP contribution in [0.1, 0.15) is 5.56 Å². The van der Waals surface area contributed by atoms with Crippen LogP contribution in [0.5, 0.6) is 0 Å². The van der Waals surface area contributed by atoms with Crippen LogP contribution in [0.25, 0.3) is 17.0 Å². The SMILES string of the molecule is N#CC(=Cc1c[nH]c2ccccc2c1=O)C(N)=O. The molecule has 2 aromatic rings. The summed E-state index contributed by atoms with van der Waals surface area (Å²) in [5, 5.41) is 9.22. The third-order valence-electron chi connectivity index (χ3n) is 2.50. The average Bonchev–Trinajstić information content (AvgIpc) is 2.38. The van der Waals surface area contributed by atoms with Gasteiger partial charge in [-0.25, -0.2) is 0 Å². The van der Waals surface area contributed by atoms with E-state index < -0.39 is 5.91 Å². The van der Waals surface area contributed by atoms with Crippen LogP contribution < -0.4 is 11.2 Å². The Bertz CT molecular complexity index is 751. The fourth-order valence-corrected chi connectivity index (χ4v) is 1.60. The average molecular weight is 239 g/mol. The van der Waals surface area contributed by atoms with E-state index in [1.807, 2.05) is 0 Å². The number of hydrogen-bond donors (Lipinski definition) is 2. The molecule has 0 atom stereocenters. The number of benzene rings is 1. The Balaban J connectivity index is 2.68. The number of pyridine rings is 1. The number of fused-ring (bicyclic) bond motifs is 1. The number of nitrogens with one attached hydrogen (secondary N) is 1. The fraction of sp³-hybridized carbons (Fsp3) is 0. The van der Waals surface area contributed by atoms with Crippen LogP contribution in [0.4, 0.5) is 0 Å². The molecule has 1 aromatic carbocycles. The molecule has 3 N–H and O–H groups in total. The lowest BCUT2D eigenvalue weighted by Gasteiger charge is -1.99. The summed E-state index contributed by atoms with van der Waals surface area (Å²) in [5.74, 6) is -0.856. The predicted molar refractivity (Wildman–Crippen MR) is 67.4 cm³/mol. The third-order valence-corrected chi connectivity index (χ3v) is 2.50. The van der Waals surface area contributed by atoms with Crippen molar-refractivity contribution in [2.75, 3.05) is 0 Å². The fourth-order valence-electron chi connectivity index (χ4n) is 1.60. The van der Waals surface area contributed by atoms with Gasteiger partial charge < -0.3 is 10.7 Å². The molecule has 0 aliphatic heterocycles. The van der Waals surface area contributed by atoms with Gasteiger partial charge in [0.25, 0.3) is 5.91 Å². The number of nitrogens with two attached hydrogens (primary N) is 1. The van der Waals surface area contributed by atoms with Crippen molar-refractivity contribution < 1.29 is 4.79 Å². The molecule has 0 aliphatic rings. The largest absolute Gasteiger partial charge is 0.365 e. The van der Waals surface area contributed by atoms with Crippen molar-refractivity contribution in [3.05, 3.63) is 51.8 Å². The molecular weight excluding hydrogens is 230 g/mol. The number of primary amides is 1. The normalized spacial score (nSPS) is 11.2. The maximum Gasteiger partial charge on any atom is 0.259 e. The molecule has 5 heteroatoms. The lowest BCUT2D eigenvalue weighted by molar-refractivity contribution is -0.114. The molecule has 5 nitrogen and oxygen atoms in total. The van der Waals surface area contributed by atoms with E-state index in [0.717, 1.165) is 0 Å². The number of nitriles is 1. The lowest BCUT2D eigenvalue weighted by atomic mass is 10.1. The molecule has 1 aromatic heterocycles. The Morgan fingerprint density at radius 3 is 2.78 bits per heavy atom. The Labute approximate surface area is 102 Å². The van der Waals surface area contributed by atoms with E-state index in [0.29, 0.717) is 10.9 Å². The second kappa shape index (κ2) is 4.55. The zero-order chi connectivity index (χ0) is 13.1. The van der Waals surface area contributed by atoms with Gasteiger partial charge in [0, 0.05) is 22.7 Å². The predicted octanol–water partition coefficient (Wildman–Crippen LogP) is 0.920. The van der Waals surface area contributed by atoms with E-state index in [1.54, 1.807) is 30.3 Å². The van der Waals surface area contributed by atoms with Gasteiger partial charge in [-0.3, -0.25) is 9.59 Å². The highest BCUT2D eigenvalue weighted by Gasteiger charge is 2.07. The monoisotopic (exact) mass is 239 g/mol. The quantitative estimate of drug-likeness (QED) is 0.602. The first kappa shape index (κ1) is 11.6. The highest BCUT2D eigenvalue weighted by molar-refractivity contribution is 6.00. The number of aromatic amines is 1. The lowest BCUT2D eigenvalue weighted by Crippen LogP contribution is -2.14. The van der Waals surface area contributed by atoms with Crippen LogP contribution in [-0.4, -0.2) is 10.9 Å². The van der Waals surface area contributed by atoms with Crippen molar-refractivity contribution >= 4 is 22.9 Å². The van der Waals surface area contributed by atoms with Crippen molar-refractivity contribution in [1.29, 1.82) is 5.26 Å². The zero-order valence-corrected chi connectivity index (χ0v) is 9.31. The summed E-state index contributed by atoms with van der Waals surface area (Å²) in [7, 11) is 0. The van der Waals surface area contributed by atoms with Crippen molar-refractivity contribution in [3.63, 3.8) is 0 Å². The molecule has 0 spiro atoms. The number of para-hydroxylation sites is 1. The zero-order valence-electron chi connectivity index (χ0n) is 9.31. The van der Waals surface area contributed by atoms with Crippen molar-refractivity contribution in [1.82, 2.24) is 4.98 Å². The second-order valence-corrected chi connectivity index (χ2v) is 3.65. The number of amides is 1. The summed E-state index contributed by atoms with van der Waals surface area (Å²) in [4.78, 5) is 25.9. The number of carbonyl (C=O) groups is 1. The van der Waals surface area contributed by atoms with Crippen molar-refractivity contribution in [2.45, 2.75) is 0 Å². The molecule has 0 saturated carbocycles. The number of carbonyl (C=O) groups excluding carboxylic acids is 1. The Morgan fingerprint density at radius 1 is 1.39 bits per heavy atom. The Kier molecular flexibility index (Phi) is 2.94. The number of H-pyrrole nitrogens is 1. The molecule has 0 radical (unpaired) electrons. The molecule has 1 heterocycles. The Morgan fingerprint density at radius 2 is 2.11 bits per heavy atom. The van der Waals surface area contributed by atoms with Gasteiger partial charge in [0.15, 0.2) is 5.43 Å². The van der Waals surface area contributed by atoms with Gasteiger partial charge in [0.2, 0.25) is 0 Å². The van der Waals surface area contributed by atoms with Crippen LogP contribution in [0, 0.1) is 11.3 Å². The highest BCUT2D eigenvalue weighted by atomic mass is 16.1. The summed E-state index contributed by atoms with van der Waals surface area (Å²) >= 11 is 0. The molecule has 88 valence electrons. The van der Waals surface area contributed by atoms with Gasteiger partial charge in [-0.1, -0.05) is 12.1 Å². The molecule has 0 fully saturated rings. The molecule has 0 bridgehead atoms. The number of aromatic nitrogens is 1. The van der Waals surface area contributed by atoms with Gasteiger partial charge >= 0.3 is 0 Å². The third kappa shape index (κ3) is 1.99. The van der Waals surface area contributed by atoms with Gasteiger partial charge in [0.05, 0.1) is 0 Å². The first-order chi connectivity index (χ1) is 8.63. The van der Waals surface area contributed by atoms with E-state index in [9.17, 15) is 9.59 Å². The van der Waals surface area contributed by atoms with Gasteiger partial charge in [-0.15, -0.1) is 0 Å². The molecule has 1 amide bonds. The minimum Gasteiger partial charge on any atom is -0.365 e. The second-order valence-electron chi connectivity index (χ2n) is 3.65.